The number of carbonyl (C=O) groups excluding carboxylic acids is 1. The van der Waals surface area contributed by atoms with Crippen LogP contribution >= 0.6 is 12.4 Å². The van der Waals surface area contributed by atoms with Gasteiger partial charge in [0.1, 0.15) is 5.69 Å². The Morgan fingerprint density at radius 1 is 1.04 bits per heavy atom. The summed E-state index contributed by atoms with van der Waals surface area (Å²) in [5.41, 5.74) is 7.78. The van der Waals surface area contributed by atoms with Crippen LogP contribution in [-0.2, 0) is 4.79 Å². The lowest BCUT2D eigenvalue weighted by atomic mass is 10.0. The molecule has 0 bridgehead atoms. The fourth-order valence-electron chi connectivity index (χ4n) is 3.22. The summed E-state index contributed by atoms with van der Waals surface area (Å²) in [7, 11) is 0. The van der Waals surface area contributed by atoms with Gasteiger partial charge in [0.05, 0.1) is 4.92 Å². The zero-order valence-corrected chi connectivity index (χ0v) is 15.7. The molecule has 144 valence electrons. The number of amides is 1. The molecule has 1 heterocycles. The number of nitro benzene ring substituents is 1. The number of benzene rings is 2. The van der Waals surface area contributed by atoms with Crippen LogP contribution in [0, 0.1) is 10.1 Å². The van der Waals surface area contributed by atoms with Crippen LogP contribution in [0.4, 0.5) is 11.4 Å². The van der Waals surface area contributed by atoms with Crippen LogP contribution in [0.2, 0.25) is 0 Å². The predicted molar refractivity (Wildman–Crippen MR) is 107 cm³/mol. The average Bonchev–Trinajstić information content (AvgIpc) is 2.68. The van der Waals surface area contributed by atoms with Gasteiger partial charge in [0.25, 0.3) is 5.69 Å². The summed E-state index contributed by atoms with van der Waals surface area (Å²) in [6.45, 7) is 2.20. The molecule has 0 radical (unpaired) electrons. The van der Waals surface area contributed by atoms with Crippen molar-refractivity contribution in [1.29, 1.82) is 0 Å². The molecule has 1 atom stereocenters. The van der Waals surface area contributed by atoms with Crippen molar-refractivity contribution in [2.24, 2.45) is 5.73 Å². The van der Waals surface area contributed by atoms with Crippen LogP contribution in [0.1, 0.15) is 18.0 Å². The van der Waals surface area contributed by atoms with Crippen molar-refractivity contribution >= 4 is 29.7 Å². The van der Waals surface area contributed by atoms with Gasteiger partial charge in [-0.3, -0.25) is 14.9 Å². The van der Waals surface area contributed by atoms with Crippen molar-refractivity contribution in [3.63, 3.8) is 0 Å². The monoisotopic (exact) mass is 390 g/mol. The lowest BCUT2D eigenvalue weighted by Crippen LogP contribution is -2.49. The number of nitrogens with zero attached hydrogens (tertiary/aromatic N) is 3. The Bertz CT molecular complexity index is 780. The Hall–Kier alpha value is -2.64. The van der Waals surface area contributed by atoms with Gasteiger partial charge in [0.2, 0.25) is 5.91 Å². The number of anilines is 1. The maximum absolute atomic E-state index is 12.5. The average molecular weight is 391 g/mol. The second kappa shape index (κ2) is 9.34. The number of piperazine rings is 1. The molecule has 0 spiro atoms. The maximum Gasteiger partial charge on any atom is 0.292 e. The molecule has 1 amide bonds. The summed E-state index contributed by atoms with van der Waals surface area (Å²) < 4.78 is 0. The normalized spacial score (nSPS) is 15.0. The lowest BCUT2D eigenvalue weighted by molar-refractivity contribution is -0.384. The van der Waals surface area contributed by atoms with E-state index in [0.29, 0.717) is 31.9 Å². The van der Waals surface area contributed by atoms with E-state index in [4.69, 9.17) is 5.73 Å². The first-order valence-corrected chi connectivity index (χ1v) is 8.63. The topological polar surface area (TPSA) is 92.7 Å². The summed E-state index contributed by atoms with van der Waals surface area (Å²) >= 11 is 0. The minimum atomic E-state index is -0.369. The molecule has 7 nitrogen and oxygen atoms in total. The largest absolute Gasteiger partial charge is 0.362 e. The number of halogens is 1. The third-order valence-electron chi connectivity index (χ3n) is 4.67. The fourth-order valence-corrected chi connectivity index (χ4v) is 3.22. The van der Waals surface area contributed by atoms with Crippen molar-refractivity contribution in [2.75, 3.05) is 31.1 Å². The van der Waals surface area contributed by atoms with Gasteiger partial charge in [0, 0.05) is 44.7 Å². The first-order chi connectivity index (χ1) is 12.6. The second-order valence-electron chi connectivity index (χ2n) is 6.33. The molecule has 1 aliphatic heterocycles. The number of hydrogen-bond donors (Lipinski definition) is 1. The van der Waals surface area contributed by atoms with E-state index in [-0.39, 0.29) is 41.4 Å². The van der Waals surface area contributed by atoms with Gasteiger partial charge >= 0.3 is 0 Å². The molecule has 27 heavy (non-hydrogen) atoms. The Morgan fingerprint density at radius 3 is 2.26 bits per heavy atom. The van der Waals surface area contributed by atoms with E-state index >= 15 is 0 Å². The van der Waals surface area contributed by atoms with Crippen molar-refractivity contribution < 1.29 is 9.72 Å². The lowest BCUT2D eigenvalue weighted by Gasteiger charge is -2.36. The molecule has 8 heteroatoms. The summed E-state index contributed by atoms with van der Waals surface area (Å²) in [5, 5.41) is 11.2. The Kier molecular flexibility index (Phi) is 7.15. The molecule has 1 unspecified atom stereocenters. The van der Waals surface area contributed by atoms with E-state index in [2.05, 4.69) is 0 Å². The van der Waals surface area contributed by atoms with Crippen LogP contribution in [0.5, 0.6) is 0 Å². The molecule has 2 aromatic rings. The van der Waals surface area contributed by atoms with Crippen LogP contribution < -0.4 is 10.6 Å². The van der Waals surface area contributed by atoms with E-state index in [1.54, 1.807) is 23.1 Å². The van der Waals surface area contributed by atoms with Crippen LogP contribution in [-0.4, -0.2) is 41.9 Å². The maximum atomic E-state index is 12.5. The van der Waals surface area contributed by atoms with Crippen molar-refractivity contribution in [1.82, 2.24) is 4.90 Å². The minimum absolute atomic E-state index is 0. The van der Waals surface area contributed by atoms with Gasteiger partial charge in [-0.1, -0.05) is 42.5 Å². The number of rotatable bonds is 5. The van der Waals surface area contributed by atoms with Crippen molar-refractivity contribution in [3.05, 3.63) is 70.3 Å². The molecule has 0 aliphatic carbocycles. The second-order valence-corrected chi connectivity index (χ2v) is 6.33. The molecule has 2 aromatic carbocycles. The number of nitro groups is 1. The van der Waals surface area contributed by atoms with E-state index in [0.717, 1.165) is 5.56 Å². The summed E-state index contributed by atoms with van der Waals surface area (Å²) in [6.07, 6.45) is 0.259. The minimum Gasteiger partial charge on any atom is -0.362 e. The molecular weight excluding hydrogens is 368 g/mol. The van der Waals surface area contributed by atoms with E-state index in [1.165, 1.54) is 6.07 Å². The zero-order chi connectivity index (χ0) is 18.5. The molecular formula is C19H23ClN4O3. The first kappa shape index (κ1) is 20.7. The molecule has 1 aliphatic rings. The van der Waals surface area contributed by atoms with Crippen LogP contribution in [0.25, 0.3) is 0 Å². The van der Waals surface area contributed by atoms with Gasteiger partial charge in [-0.05, 0) is 11.6 Å². The van der Waals surface area contributed by atoms with E-state index in [9.17, 15) is 14.9 Å². The summed E-state index contributed by atoms with van der Waals surface area (Å²) in [6, 6.07) is 16.0. The SMILES string of the molecule is Cl.NC(CC(=O)N1CCN(c2ccccc2[N+](=O)[O-])CC1)c1ccccc1. The molecule has 3 rings (SSSR count). The summed E-state index contributed by atoms with van der Waals surface area (Å²) in [5.74, 6) is 0.0172. The van der Waals surface area contributed by atoms with Crippen LogP contribution in [0.3, 0.4) is 0 Å². The smallest absolute Gasteiger partial charge is 0.292 e. The number of hydrogen-bond acceptors (Lipinski definition) is 5. The van der Waals surface area contributed by atoms with Gasteiger partial charge in [0.15, 0.2) is 0 Å². The highest BCUT2D eigenvalue weighted by Gasteiger charge is 2.26. The summed E-state index contributed by atoms with van der Waals surface area (Å²) in [4.78, 5) is 27.1. The van der Waals surface area contributed by atoms with E-state index in [1.807, 2.05) is 35.2 Å². The quantitative estimate of drug-likeness (QED) is 0.626. The molecule has 1 fully saturated rings. The highest BCUT2D eigenvalue weighted by molar-refractivity contribution is 5.85. The molecule has 0 saturated carbocycles. The standard InChI is InChI=1S/C19H22N4O3.ClH/c20-16(15-6-2-1-3-7-15)14-19(24)22-12-10-21(11-13-22)17-8-4-5-9-18(17)23(25)26;/h1-9,16H,10-14,20H2;1H. The van der Waals surface area contributed by atoms with Gasteiger partial charge in [-0.2, -0.15) is 0 Å². The number of nitrogens with two attached hydrogens (primary N) is 1. The number of para-hydroxylation sites is 2. The predicted octanol–water partition coefficient (Wildman–Crippen LogP) is 2.76. The number of carbonyl (C=O) groups is 1. The fraction of sp³-hybridized carbons (Fsp3) is 0.316. The van der Waals surface area contributed by atoms with Gasteiger partial charge in [-0.25, -0.2) is 0 Å². The first-order valence-electron chi connectivity index (χ1n) is 8.63. The molecule has 0 aromatic heterocycles. The van der Waals surface area contributed by atoms with Crippen molar-refractivity contribution in [2.45, 2.75) is 12.5 Å². The Morgan fingerprint density at radius 2 is 1.63 bits per heavy atom. The van der Waals surface area contributed by atoms with Gasteiger partial charge in [-0.15, -0.1) is 12.4 Å². The van der Waals surface area contributed by atoms with E-state index < -0.39 is 0 Å². The zero-order valence-electron chi connectivity index (χ0n) is 14.9. The van der Waals surface area contributed by atoms with Crippen LogP contribution in [0.15, 0.2) is 54.6 Å². The third-order valence-corrected chi connectivity index (χ3v) is 4.67. The third kappa shape index (κ3) is 4.96. The molecule has 2 N–H and O–H groups in total. The Balaban J connectivity index is 0.00000261. The molecule has 1 saturated heterocycles. The van der Waals surface area contributed by atoms with Gasteiger partial charge < -0.3 is 15.5 Å². The van der Waals surface area contributed by atoms with Crippen molar-refractivity contribution in [3.8, 4) is 0 Å². The Labute approximate surface area is 164 Å². The highest BCUT2D eigenvalue weighted by Crippen LogP contribution is 2.28. The highest BCUT2D eigenvalue weighted by atomic mass is 35.5.